The summed E-state index contributed by atoms with van der Waals surface area (Å²) in [6, 6.07) is 20.0. The molecule has 0 aliphatic heterocycles. The highest BCUT2D eigenvalue weighted by Gasteiger charge is 2.11. The summed E-state index contributed by atoms with van der Waals surface area (Å²) in [5, 5.41) is 11.9. The number of hydrogen-bond acceptors (Lipinski definition) is 1. The second-order valence-corrected chi connectivity index (χ2v) is 5.98. The molecule has 0 spiro atoms. The molecule has 5 aromatic rings. The highest BCUT2D eigenvalue weighted by atomic mass is 32.1. The third kappa shape index (κ3) is 1.14. The standard InChI is InChI=1S/C18H10S/c1-2-4-14-11(3-1)9-12-5-6-13-10-19-16-8-7-15(14)17(12)18(13)16/h1-10H. The zero-order chi connectivity index (χ0) is 12.4. The Kier molecular flexibility index (Phi) is 1.67. The van der Waals surface area contributed by atoms with Crippen LogP contribution in [0.25, 0.3) is 42.4 Å². The summed E-state index contributed by atoms with van der Waals surface area (Å²) in [5.74, 6) is 0. The molecule has 0 atom stereocenters. The summed E-state index contributed by atoms with van der Waals surface area (Å²) >= 11 is 1.84. The van der Waals surface area contributed by atoms with E-state index in [0.717, 1.165) is 0 Å². The van der Waals surface area contributed by atoms with Crippen molar-refractivity contribution in [3.05, 3.63) is 60.0 Å². The smallest absolute Gasteiger partial charge is 0.0355 e. The van der Waals surface area contributed by atoms with Crippen molar-refractivity contribution in [2.75, 3.05) is 0 Å². The molecule has 4 aromatic carbocycles. The minimum absolute atomic E-state index is 1.33. The van der Waals surface area contributed by atoms with Gasteiger partial charge in [0, 0.05) is 10.1 Å². The normalized spacial score (nSPS) is 12.2. The third-order valence-corrected chi connectivity index (χ3v) is 5.03. The van der Waals surface area contributed by atoms with Crippen molar-refractivity contribution in [2.45, 2.75) is 0 Å². The van der Waals surface area contributed by atoms with Crippen LogP contribution in [0.3, 0.4) is 0 Å². The van der Waals surface area contributed by atoms with Crippen molar-refractivity contribution in [2.24, 2.45) is 0 Å². The van der Waals surface area contributed by atoms with Gasteiger partial charge in [-0.15, -0.1) is 11.3 Å². The Morgan fingerprint density at radius 2 is 1.53 bits per heavy atom. The fourth-order valence-electron chi connectivity index (χ4n) is 3.22. The van der Waals surface area contributed by atoms with Crippen LogP contribution >= 0.6 is 11.3 Å². The van der Waals surface area contributed by atoms with Gasteiger partial charge in [0.2, 0.25) is 0 Å². The van der Waals surface area contributed by atoms with Gasteiger partial charge in [-0.3, -0.25) is 0 Å². The van der Waals surface area contributed by atoms with Crippen molar-refractivity contribution in [3.63, 3.8) is 0 Å². The van der Waals surface area contributed by atoms with Crippen LogP contribution in [0.15, 0.2) is 60.0 Å². The average Bonchev–Trinajstić information content (AvgIpc) is 2.89. The van der Waals surface area contributed by atoms with E-state index in [9.17, 15) is 0 Å². The molecule has 0 fully saturated rings. The first-order chi connectivity index (χ1) is 9.42. The van der Waals surface area contributed by atoms with Crippen molar-refractivity contribution < 1.29 is 0 Å². The highest BCUT2D eigenvalue weighted by Crippen LogP contribution is 2.40. The molecular weight excluding hydrogens is 248 g/mol. The van der Waals surface area contributed by atoms with Crippen LogP contribution < -0.4 is 0 Å². The maximum absolute atomic E-state index is 2.31. The predicted octanol–water partition coefficient (Wildman–Crippen LogP) is 5.80. The molecule has 1 heteroatoms. The van der Waals surface area contributed by atoms with Gasteiger partial charge >= 0.3 is 0 Å². The Balaban J connectivity index is 2.25. The summed E-state index contributed by atoms with van der Waals surface area (Å²) in [5.41, 5.74) is 0. The molecule has 88 valence electrons. The van der Waals surface area contributed by atoms with Crippen LogP contribution in [0.2, 0.25) is 0 Å². The third-order valence-electron chi connectivity index (χ3n) is 4.06. The second kappa shape index (κ2) is 3.25. The van der Waals surface area contributed by atoms with Crippen molar-refractivity contribution in [3.8, 4) is 0 Å². The van der Waals surface area contributed by atoms with Gasteiger partial charge in [-0.2, -0.15) is 0 Å². The quantitative estimate of drug-likeness (QED) is 0.243. The minimum Gasteiger partial charge on any atom is -0.143 e. The van der Waals surface area contributed by atoms with E-state index >= 15 is 0 Å². The maximum atomic E-state index is 2.31. The molecule has 0 bridgehead atoms. The van der Waals surface area contributed by atoms with Gasteiger partial charge in [0.15, 0.2) is 0 Å². The first-order valence-corrected chi connectivity index (χ1v) is 7.33. The largest absolute Gasteiger partial charge is 0.143 e. The monoisotopic (exact) mass is 258 g/mol. The summed E-state index contributed by atoms with van der Waals surface area (Å²) in [7, 11) is 0. The van der Waals surface area contributed by atoms with E-state index in [1.54, 1.807) is 0 Å². The van der Waals surface area contributed by atoms with Crippen LogP contribution in [0.4, 0.5) is 0 Å². The topological polar surface area (TPSA) is 0 Å². The summed E-state index contributed by atoms with van der Waals surface area (Å²) < 4.78 is 1.39. The van der Waals surface area contributed by atoms with Crippen LogP contribution in [0.1, 0.15) is 0 Å². The van der Waals surface area contributed by atoms with Crippen molar-refractivity contribution >= 4 is 53.7 Å². The summed E-state index contributed by atoms with van der Waals surface area (Å²) in [6.07, 6.45) is 0. The summed E-state index contributed by atoms with van der Waals surface area (Å²) in [4.78, 5) is 0. The lowest BCUT2D eigenvalue weighted by Gasteiger charge is -2.09. The number of benzene rings is 4. The molecule has 1 aromatic heterocycles. The molecule has 0 amide bonds. The molecule has 0 unspecified atom stereocenters. The zero-order valence-electron chi connectivity index (χ0n) is 10.2. The molecule has 0 aliphatic carbocycles. The Labute approximate surface area is 114 Å². The van der Waals surface area contributed by atoms with Gasteiger partial charge in [0.05, 0.1) is 0 Å². The van der Waals surface area contributed by atoms with Gasteiger partial charge < -0.3 is 0 Å². The van der Waals surface area contributed by atoms with E-state index in [2.05, 4.69) is 60.0 Å². The number of rotatable bonds is 0. The van der Waals surface area contributed by atoms with Crippen molar-refractivity contribution in [1.29, 1.82) is 0 Å². The van der Waals surface area contributed by atoms with E-state index < -0.39 is 0 Å². The maximum Gasteiger partial charge on any atom is 0.0355 e. The molecule has 0 saturated heterocycles. The summed E-state index contributed by atoms with van der Waals surface area (Å²) in [6.45, 7) is 0. The highest BCUT2D eigenvalue weighted by molar-refractivity contribution is 7.18. The zero-order valence-corrected chi connectivity index (χ0v) is 11.0. The van der Waals surface area contributed by atoms with Gasteiger partial charge in [-0.25, -0.2) is 0 Å². The van der Waals surface area contributed by atoms with E-state index in [1.807, 2.05) is 11.3 Å². The average molecular weight is 258 g/mol. The molecule has 5 rings (SSSR count). The van der Waals surface area contributed by atoms with Crippen LogP contribution in [0, 0.1) is 0 Å². The molecule has 0 saturated carbocycles. The fraction of sp³-hybridized carbons (Fsp3) is 0. The predicted molar refractivity (Wildman–Crippen MR) is 85.5 cm³/mol. The fourth-order valence-corrected chi connectivity index (χ4v) is 4.15. The molecule has 0 N–H and O–H groups in total. The first-order valence-electron chi connectivity index (χ1n) is 6.45. The SMILES string of the molecule is c1ccc2c(c1)cc1ccc3csc4ccc2c1c34. The van der Waals surface area contributed by atoms with E-state index in [-0.39, 0.29) is 0 Å². The number of hydrogen-bond donors (Lipinski definition) is 0. The van der Waals surface area contributed by atoms with Gasteiger partial charge in [-0.1, -0.05) is 42.5 Å². The second-order valence-electron chi connectivity index (χ2n) is 5.07. The van der Waals surface area contributed by atoms with E-state index in [1.165, 1.54) is 42.4 Å². The molecule has 0 nitrogen and oxygen atoms in total. The Morgan fingerprint density at radius 1 is 0.632 bits per heavy atom. The van der Waals surface area contributed by atoms with E-state index in [0.29, 0.717) is 0 Å². The Bertz CT molecular complexity index is 1040. The number of thiophene rings is 1. The van der Waals surface area contributed by atoms with Crippen LogP contribution in [0.5, 0.6) is 0 Å². The lowest BCUT2D eigenvalue weighted by atomic mass is 9.94. The lowest BCUT2D eigenvalue weighted by Crippen LogP contribution is -1.82. The lowest BCUT2D eigenvalue weighted by molar-refractivity contribution is 1.81. The van der Waals surface area contributed by atoms with Crippen molar-refractivity contribution in [1.82, 2.24) is 0 Å². The molecule has 19 heavy (non-hydrogen) atoms. The van der Waals surface area contributed by atoms with Gasteiger partial charge in [0.1, 0.15) is 0 Å². The Hall–Kier alpha value is -2.12. The van der Waals surface area contributed by atoms with Crippen LogP contribution in [-0.4, -0.2) is 0 Å². The van der Waals surface area contributed by atoms with Crippen LogP contribution in [-0.2, 0) is 0 Å². The molecule has 0 aliphatic rings. The first kappa shape index (κ1) is 9.76. The molecule has 0 radical (unpaired) electrons. The van der Waals surface area contributed by atoms with E-state index in [4.69, 9.17) is 0 Å². The minimum atomic E-state index is 1.33. The van der Waals surface area contributed by atoms with Gasteiger partial charge in [-0.05, 0) is 49.8 Å². The van der Waals surface area contributed by atoms with Gasteiger partial charge in [0.25, 0.3) is 0 Å². The number of fused-ring (bicyclic) bond motifs is 2. The molecule has 1 heterocycles. The molecular formula is C18H10S. The Morgan fingerprint density at radius 3 is 2.53 bits per heavy atom.